The number of nitrogens with one attached hydrogen (secondary N) is 2. The standard InChI is InChI=1S/C18H18N4O4S/c1-10-11(2)27-18-16(10)17(24)21-14(22-18)9-26-19-8-15(23)20-12-6-4-5-7-13(12)25-3/h4-8H,9H2,1-3H3,(H,20,23)(H,21,22,24)/b19-8+. The van der Waals surface area contributed by atoms with Gasteiger partial charge in [-0.25, -0.2) is 4.98 Å². The summed E-state index contributed by atoms with van der Waals surface area (Å²) in [5.41, 5.74) is 1.25. The van der Waals surface area contributed by atoms with Crippen LogP contribution in [0.3, 0.4) is 0 Å². The zero-order chi connectivity index (χ0) is 19.4. The number of fused-ring (bicyclic) bond motifs is 1. The van der Waals surface area contributed by atoms with Crippen molar-refractivity contribution in [3.63, 3.8) is 0 Å². The van der Waals surface area contributed by atoms with Gasteiger partial charge in [0.15, 0.2) is 12.4 Å². The number of hydrogen-bond donors (Lipinski definition) is 2. The molecule has 1 amide bonds. The quantitative estimate of drug-likeness (QED) is 0.501. The average Bonchev–Trinajstić information content (AvgIpc) is 2.93. The van der Waals surface area contributed by atoms with E-state index in [4.69, 9.17) is 9.57 Å². The number of aromatic nitrogens is 2. The number of benzene rings is 1. The molecular formula is C18H18N4O4S. The minimum absolute atomic E-state index is 0.0559. The molecule has 2 aromatic heterocycles. The number of aryl methyl sites for hydroxylation is 2. The fourth-order valence-corrected chi connectivity index (χ4v) is 3.51. The first-order valence-corrected chi connectivity index (χ1v) is 8.89. The molecule has 0 saturated heterocycles. The number of para-hydroxylation sites is 2. The van der Waals surface area contributed by atoms with E-state index in [1.54, 1.807) is 24.3 Å². The number of ether oxygens (including phenoxy) is 1. The minimum Gasteiger partial charge on any atom is -0.495 e. The van der Waals surface area contributed by atoms with Crippen LogP contribution in [0.1, 0.15) is 16.3 Å². The van der Waals surface area contributed by atoms with Gasteiger partial charge in [-0.15, -0.1) is 11.3 Å². The molecule has 8 nitrogen and oxygen atoms in total. The summed E-state index contributed by atoms with van der Waals surface area (Å²) in [6, 6.07) is 7.01. The van der Waals surface area contributed by atoms with Gasteiger partial charge in [-0.1, -0.05) is 17.3 Å². The Morgan fingerprint density at radius 3 is 2.93 bits per heavy atom. The normalized spacial score (nSPS) is 11.1. The van der Waals surface area contributed by atoms with E-state index in [-0.39, 0.29) is 12.2 Å². The van der Waals surface area contributed by atoms with Crippen LogP contribution in [-0.4, -0.2) is 29.2 Å². The number of oxime groups is 1. The second kappa shape index (κ2) is 8.00. The lowest BCUT2D eigenvalue weighted by Crippen LogP contribution is -2.14. The lowest BCUT2D eigenvalue weighted by Gasteiger charge is -2.07. The van der Waals surface area contributed by atoms with Gasteiger partial charge in [0.2, 0.25) is 0 Å². The summed E-state index contributed by atoms with van der Waals surface area (Å²) in [6.45, 7) is 3.79. The van der Waals surface area contributed by atoms with Gasteiger partial charge in [0.25, 0.3) is 11.5 Å². The largest absolute Gasteiger partial charge is 0.495 e. The molecule has 0 saturated carbocycles. The number of anilines is 1. The van der Waals surface area contributed by atoms with Crippen LogP contribution in [0, 0.1) is 13.8 Å². The van der Waals surface area contributed by atoms with Crippen molar-refractivity contribution in [2.75, 3.05) is 12.4 Å². The number of aromatic amines is 1. The molecule has 0 aliphatic carbocycles. The van der Waals surface area contributed by atoms with Crippen LogP contribution in [0.4, 0.5) is 5.69 Å². The highest BCUT2D eigenvalue weighted by molar-refractivity contribution is 7.18. The Hall–Kier alpha value is -3.20. The lowest BCUT2D eigenvalue weighted by molar-refractivity contribution is -0.110. The van der Waals surface area contributed by atoms with Gasteiger partial charge in [-0.2, -0.15) is 0 Å². The van der Waals surface area contributed by atoms with Crippen LogP contribution in [0.5, 0.6) is 5.75 Å². The first kappa shape index (κ1) is 18.6. The Balaban J connectivity index is 1.61. The first-order valence-electron chi connectivity index (χ1n) is 8.08. The number of amides is 1. The molecule has 9 heteroatoms. The molecule has 0 unspecified atom stereocenters. The minimum atomic E-state index is -0.471. The maximum absolute atomic E-state index is 12.2. The van der Waals surface area contributed by atoms with E-state index in [9.17, 15) is 9.59 Å². The maximum atomic E-state index is 12.2. The summed E-state index contributed by atoms with van der Waals surface area (Å²) in [6.07, 6.45) is 1.00. The first-order chi connectivity index (χ1) is 13.0. The third kappa shape index (κ3) is 4.14. The Labute approximate surface area is 158 Å². The van der Waals surface area contributed by atoms with E-state index in [1.807, 2.05) is 13.8 Å². The van der Waals surface area contributed by atoms with E-state index in [0.717, 1.165) is 16.7 Å². The van der Waals surface area contributed by atoms with E-state index >= 15 is 0 Å². The SMILES string of the molecule is COc1ccccc1NC(=O)/C=N/OCc1nc2sc(C)c(C)c2c(=O)[nH]1. The van der Waals surface area contributed by atoms with E-state index in [0.29, 0.717) is 27.5 Å². The molecule has 0 bridgehead atoms. The highest BCUT2D eigenvalue weighted by Crippen LogP contribution is 2.25. The van der Waals surface area contributed by atoms with Crippen LogP contribution in [0.2, 0.25) is 0 Å². The summed E-state index contributed by atoms with van der Waals surface area (Å²) in [5.74, 6) is 0.411. The van der Waals surface area contributed by atoms with Crippen LogP contribution < -0.4 is 15.6 Å². The predicted molar refractivity (Wildman–Crippen MR) is 105 cm³/mol. The van der Waals surface area contributed by atoms with Crippen molar-refractivity contribution in [2.24, 2.45) is 5.16 Å². The van der Waals surface area contributed by atoms with Crippen molar-refractivity contribution in [1.82, 2.24) is 9.97 Å². The highest BCUT2D eigenvalue weighted by Gasteiger charge is 2.12. The van der Waals surface area contributed by atoms with E-state index in [2.05, 4.69) is 20.4 Å². The van der Waals surface area contributed by atoms with Crippen molar-refractivity contribution in [2.45, 2.75) is 20.5 Å². The third-order valence-electron chi connectivity index (χ3n) is 3.90. The summed E-state index contributed by atoms with van der Waals surface area (Å²) in [4.78, 5) is 37.9. The monoisotopic (exact) mass is 386 g/mol. The van der Waals surface area contributed by atoms with Gasteiger partial charge in [0.05, 0.1) is 18.2 Å². The topological polar surface area (TPSA) is 106 Å². The molecule has 2 N–H and O–H groups in total. The van der Waals surface area contributed by atoms with Crippen LogP contribution >= 0.6 is 11.3 Å². The molecular weight excluding hydrogens is 368 g/mol. The summed E-state index contributed by atoms with van der Waals surface area (Å²) in [7, 11) is 1.52. The Bertz CT molecular complexity index is 1070. The molecule has 0 atom stereocenters. The van der Waals surface area contributed by atoms with Gasteiger partial charge in [0, 0.05) is 4.88 Å². The van der Waals surface area contributed by atoms with Gasteiger partial charge >= 0.3 is 0 Å². The number of rotatable bonds is 6. The summed E-state index contributed by atoms with van der Waals surface area (Å²) in [5, 5.41) is 6.85. The zero-order valence-corrected chi connectivity index (χ0v) is 15.8. The number of H-pyrrole nitrogens is 1. The van der Waals surface area contributed by atoms with E-state index in [1.165, 1.54) is 18.4 Å². The highest BCUT2D eigenvalue weighted by atomic mass is 32.1. The lowest BCUT2D eigenvalue weighted by atomic mass is 10.2. The molecule has 3 rings (SSSR count). The molecule has 2 heterocycles. The second-order valence-electron chi connectivity index (χ2n) is 5.67. The van der Waals surface area contributed by atoms with Crippen molar-refractivity contribution < 1.29 is 14.4 Å². The van der Waals surface area contributed by atoms with Crippen molar-refractivity contribution in [1.29, 1.82) is 0 Å². The molecule has 3 aromatic rings. The average molecular weight is 386 g/mol. The number of thiophene rings is 1. The summed E-state index contributed by atoms with van der Waals surface area (Å²) < 4.78 is 5.15. The second-order valence-corrected chi connectivity index (χ2v) is 6.88. The van der Waals surface area contributed by atoms with Crippen LogP contribution in [0.15, 0.2) is 34.2 Å². The molecule has 140 valence electrons. The Morgan fingerprint density at radius 2 is 2.15 bits per heavy atom. The predicted octanol–water partition coefficient (Wildman–Crippen LogP) is 2.75. The van der Waals surface area contributed by atoms with Crippen molar-refractivity contribution in [3.8, 4) is 5.75 Å². The Kier molecular flexibility index (Phi) is 5.51. The number of hydrogen-bond acceptors (Lipinski definition) is 7. The van der Waals surface area contributed by atoms with Crippen molar-refractivity contribution >= 4 is 39.4 Å². The maximum Gasteiger partial charge on any atom is 0.270 e. The molecule has 0 aliphatic rings. The fraction of sp³-hybridized carbons (Fsp3) is 0.222. The fourth-order valence-electron chi connectivity index (χ4n) is 2.46. The number of carbonyl (C=O) groups is 1. The van der Waals surface area contributed by atoms with Gasteiger partial charge in [-0.3, -0.25) is 9.59 Å². The van der Waals surface area contributed by atoms with Gasteiger partial charge in [-0.05, 0) is 31.5 Å². The molecule has 0 fully saturated rings. The van der Waals surface area contributed by atoms with Crippen molar-refractivity contribution in [3.05, 3.63) is 50.9 Å². The molecule has 27 heavy (non-hydrogen) atoms. The van der Waals surface area contributed by atoms with Crippen LogP contribution in [-0.2, 0) is 16.2 Å². The molecule has 0 radical (unpaired) electrons. The molecule has 1 aromatic carbocycles. The van der Waals surface area contributed by atoms with E-state index < -0.39 is 5.91 Å². The van der Waals surface area contributed by atoms with Crippen LogP contribution in [0.25, 0.3) is 10.2 Å². The Morgan fingerprint density at radius 1 is 1.37 bits per heavy atom. The number of carbonyl (C=O) groups excluding carboxylic acids is 1. The number of methoxy groups -OCH3 is 1. The molecule has 0 spiro atoms. The zero-order valence-electron chi connectivity index (χ0n) is 15.0. The van der Waals surface area contributed by atoms with Gasteiger partial charge in [0.1, 0.15) is 16.8 Å². The third-order valence-corrected chi connectivity index (χ3v) is 5.00. The smallest absolute Gasteiger partial charge is 0.270 e. The summed E-state index contributed by atoms with van der Waals surface area (Å²) >= 11 is 1.45. The van der Waals surface area contributed by atoms with Gasteiger partial charge < -0.3 is 19.9 Å². The number of nitrogens with zero attached hydrogens (tertiary/aromatic N) is 2. The molecule has 0 aliphatic heterocycles.